The Bertz CT molecular complexity index is 407. The Morgan fingerprint density at radius 2 is 2.46 bits per heavy atom. The van der Waals surface area contributed by atoms with Crippen LogP contribution in [0.2, 0.25) is 0 Å². The van der Waals surface area contributed by atoms with Crippen LogP contribution in [0.1, 0.15) is 0 Å². The predicted molar refractivity (Wildman–Crippen MR) is 52.8 cm³/mol. The zero-order chi connectivity index (χ0) is 9.26. The largest absolute Gasteiger partial charge is 0.411 e. The highest BCUT2D eigenvalue weighted by atomic mass is 32.1. The van der Waals surface area contributed by atoms with Crippen molar-refractivity contribution in [3.8, 4) is 0 Å². The van der Waals surface area contributed by atoms with Crippen molar-refractivity contribution >= 4 is 27.2 Å². The van der Waals surface area contributed by atoms with Gasteiger partial charge in [-0.1, -0.05) is 0 Å². The first-order chi connectivity index (χ1) is 6.33. The molecule has 0 aliphatic heterocycles. The first-order valence-electron chi connectivity index (χ1n) is 3.91. The number of nitrogens with zero attached hydrogens (tertiary/aromatic N) is 1. The number of aromatic nitrogens is 1. The van der Waals surface area contributed by atoms with E-state index < -0.39 is 0 Å². The van der Waals surface area contributed by atoms with Crippen LogP contribution in [0, 0.1) is 0 Å². The summed E-state index contributed by atoms with van der Waals surface area (Å²) < 4.78 is 1.60. The molecule has 2 aromatic rings. The average molecular weight is 198 g/mol. The molecular formula is C8H10N2O2S. The number of hydrogen-bond acceptors (Lipinski definition) is 4. The molecule has 3 N–H and O–H groups in total. The third-order valence-corrected chi connectivity index (χ3v) is 2.63. The summed E-state index contributed by atoms with van der Waals surface area (Å²) in [5.41, 5.74) is 6.44. The molecule has 70 valence electrons. The topological polar surface area (TPSA) is 60.4 Å². The number of aliphatic hydroxyl groups is 1. The molecule has 0 radical (unpaired) electrons. The van der Waals surface area contributed by atoms with E-state index in [1.165, 1.54) is 0 Å². The summed E-state index contributed by atoms with van der Waals surface area (Å²) >= 11 is 1.56. The Balaban J connectivity index is 2.38. The van der Waals surface area contributed by atoms with Crippen LogP contribution in [0.15, 0.2) is 17.6 Å². The van der Waals surface area contributed by atoms with Crippen LogP contribution < -0.4 is 10.6 Å². The van der Waals surface area contributed by atoms with Crippen LogP contribution in [0.4, 0.5) is 5.69 Å². The van der Waals surface area contributed by atoms with Crippen molar-refractivity contribution in [2.75, 3.05) is 18.9 Å². The molecule has 0 unspecified atom stereocenters. The molecule has 0 aromatic carbocycles. The summed E-state index contributed by atoms with van der Waals surface area (Å²) in [4.78, 5) is 6.22. The average Bonchev–Trinajstić information content (AvgIpc) is 2.67. The minimum Gasteiger partial charge on any atom is -0.411 e. The smallest absolute Gasteiger partial charge is 0.141 e. The molecule has 0 saturated carbocycles. The van der Waals surface area contributed by atoms with Crippen molar-refractivity contribution in [2.24, 2.45) is 0 Å². The minimum atomic E-state index is 0.00491. The van der Waals surface area contributed by atoms with E-state index in [1.54, 1.807) is 22.3 Å². The van der Waals surface area contributed by atoms with Crippen LogP contribution >= 0.6 is 11.3 Å². The number of nitrogens with two attached hydrogens (primary N) is 1. The zero-order valence-corrected chi connectivity index (χ0v) is 7.75. The van der Waals surface area contributed by atoms with Crippen LogP contribution in [0.5, 0.6) is 0 Å². The molecule has 2 heterocycles. The Morgan fingerprint density at radius 1 is 1.62 bits per heavy atom. The number of rotatable bonds is 3. The van der Waals surface area contributed by atoms with Crippen molar-refractivity contribution < 1.29 is 9.94 Å². The second-order valence-corrected chi connectivity index (χ2v) is 3.50. The lowest BCUT2D eigenvalue weighted by Crippen LogP contribution is -2.13. The van der Waals surface area contributed by atoms with Crippen LogP contribution in [0.3, 0.4) is 0 Å². The fourth-order valence-corrected chi connectivity index (χ4v) is 2.04. The summed E-state index contributed by atoms with van der Waals surface area (Å²) in [7, 11) is 0. The van der Waals surface area contributed by atoms with Gasteiger partial charge in [0.2, 0.25) is 0 Å². The minimum absolute atomic E-state index is 0.00491. The molecule has 0 fully saturated rings. The van der Waals surface area contributed by atoms with E-state index in [-0.39, 0.29) is 13.2 Å². The van der Waals surface area contributed by atoms with Gasteiger partial charge in [-0.05, 0) is 11.4 Å². The van der Waals surface area contributed by atoms with Gasteiger partial charge in [0.25, 0.3) is 0 Å². The van der Waals surface area contributed by atoms with Crippen molar-refractivity contribution in [3.63, 3.8) is 0 Å². The Labute approximate surface area is 79.1 Å². The molecule has 0 bridgehead atoms. The quantitative estimate of drug-likeness (QED) is 0.763. The van der Waals surface area contributed by atoms with Crippen LogP contribution in [0.25, 0.3) is 10.2 Å². The van der Waals surface area contributed by atoms with Gasteiger partial charge in [0, 0.05) is 5.39 Å². The molecule has 2 aromatic heterocycles. The molecular weight excluding hydrogens is 188 g/mol. The van der Waals surface area contributed by atoms with Gasteiger partial charge in [0.1, 0.15) is 11.4 Å². The van der Waals surface area contributed by atoms with Crippen LogP contribution in [-0.2, 0) is 0 Å². The van der Waals surface area contributed by atoms with E-state index in [0.717, 1.165) is 10.2 Å². The highest BCUT2D eigenvalue weighted by Crippen LogP contribution is 2.27. The van der Waals surface area contributed by atoms with E-state index in [2.05, 4.69) is 0 Å². The molecule has 4 nitrogen and oxygen atoms in total. The maximum Gasteiger partial charge on any atom is 0.141 e. The summed E-state index contributed by atoms with van der Waals surface area (Å²) in [5.74, 6) is 0. The van der Waals surface area contributed by atoms with Crippen molar-refractivity contribution in [2.45, 2.75) is 0 Å². The summed E-state index contributed by atoms with van der Waals surface area (Å²) in [6, 6.07) is 1.95. The molecule has 2 rings (SSSR count). The van der Waals surface area contributed by atoms with Gasteiger partial charge < -0.3 is 15.7 Å². The van der Waals surface area contributed by atoms with Gasteiger partial charge in [-0.15, -0.1) is 11.3 Å². The van der Waals surface area contributed by atoms with Gasteiger partial charge in [-0.3, -0.25) is 0 Å². The fourth-order valence-electron chi connectivity index (χ4n) is 1.18. The molecule has 13 heavy (non-hydrogen) atoms. The standard InChI is InChI=1S/C8H10N2O2S/c9-7-5-10(12-3-2-11)8-6(7)1-4-13-8/h1,4-5,11H,2-3,9H2. The van der Waals surface area contributed by atoms with Gasteiger partial charge in [-0.2, -0.15) is 4.73 Å². The molecule has 0 aliphatic rings. The maximum atomic E-state index is 8.59. The molecule has 0 aliphatic carbocycles. The monoisotopic (exact) mass is 198 g/mol. The van der Waals surface area contributed by atoms with Crippen LogP contribution in [-0.4, -0.2) is 23.1 Å². The number of nitrogen functional groups attached to an aromatic ring is 1. The fraction of sp³-hybridized carbons (Fsp3) is 0.250. The van der Waals surface area contributed by atoms with Gasteiger partial charge in [-0.25, -0.2) is 0 Å². The van der Waals surface area contributed by atoms with Crippen molar-refractivity contribution in [1.29, 1.82) is 0 Å². The SMILES string of the molecule is Nc1cn(OCCO)c2sccc12. The normalized spacial score (nSPS) is 10.8. The summed E-state index contributed by atoms with van der Waals surface area (Å²) in [5, 5.41) is 11.6. The Hall–Kier alpha value is -1.20. The Morgan fingerprint density at radius 3 is 3.23 bits per heavy atom. The number of anilines is 1. The highest BCUT2D eigenvalue weighted by molar-refractivity contribution is 7.16. The maximum absolute atomic E-state index is 8.59. The van der Waals surface area contributed by atoms with Gasteiger partial charge in [0.15, 0.2) is 0 Å². The third kappa shape index (κ3) is 1.36. The first-order valence-corrected chi connectivity index (χ1v) is 4.79. The molecule has 0 spiro atoms. The lowest BCUT2D eigenvalue weighted by atomic mass is 10.4. The van der Waals surface area contributed by atoms with E-state index in [9.17, 15) is 0 Å². The van der Waals surface area contributed by atoms with E-state index >= 15 is 0 Å². The number of aliphatic hydroxyl groups excluding tert-OH is 1. The molecule has 0 amide bonds. The lowest BCUT2D eigenvalue weighted by Gasteiger charge is -2.03. The summed E-state index contributed by atoms with van der Waals surface area (Å²) in [6.45, 7) is 0.284. The first kappa shape index (κ1) is 8.40. The van der Waals surface area contributed by atoms with E-state index in [4.69, 9.17) is 15.7 Å². The number of fused-ring (bicyclic) bond motifs is 1. The number of thiophene rings is 1. The molecule has 5 heteroatoms. The van der Waals surface area contributed by atoms with Crippen molar-refractivity contribution in [1.82, 2.24) is 4.73 Å². The highest BCUT2D eigenvalue weighted by Gasteiger charge is 2.07. The van der Waals surface area contributed by atoms with E-state index in [0.29, 0.717) is 5.69 Å². The summed E-state index contributed by atoms with van der Waals surface area (Å²) in [6.07, 6.45) is 1.72. The predicted octanol–water partition coefficient (Wildman–Crippen LogP) is 0.706. The molecule has 0 atom stereocenters. The van der Waals surface area contributed by atoms with Gasteiger partial charge >= 0.3 is 0 Å². The second-order valence-electron chi connectivity index (χ2n) is 2.61. The second kappa shape index (κ2) is 3.27. The van der Waals surface area contributed by atoms with Crippen molar-refractivity contribution in [3.05, 3.63) is 17.6 Å². The Kier molecular flexibility index (Phi) is 2.12. The number of hydrogen-bond donors (Lipinski definition) is 2. The zero-order valence-electron chi connectivity index (χ0n) is 6.93. The molecule has 0 saturated heterocycles. The van der Waals surface area contributed by atoms with E-state index in [1.807, 2.05) is 11.4 Å². The van der Waals surface area contributed by atoms with Gasteiger partial charge in [0.05, 0.1) is 18.5 Å². The lowest BCUT2D eigenvalue weighted by molar-refractivity contribution is 0.0842. The third-order valence-electron chi connectivity index (χ3n) is 1.73.